The van der Waals surface area contributed by atoms with Gasteiger partial charge in [-0.3, -0.25) is 0 Å². The van der Waals surface area contributed by atoms with Gasteiger partial charge in [0.15, 0.2) is 0 Å². The van der Waals surface area contributed by atoms with E-state index in [2.05, 4.69) is 6.07 Å². The van der Waals surface area contributed by atoms with Gasteiger partial charge in [-0.1, -0.05) is 65.7 Å². The van der Waals surface area contributed by atoms with Gasteiger partial charge in [-0.2, -0.15) is 5.26 Å². The normalized spacial score (nSPS) is 20.5. The number of benzene rings is 4. The molecular formula is C29H24N2O2S2. The molecule has 5 rings (SSSR count). The Labute approximate surface area is 210 Å². The average Bonchev–Trinajstić information content (AvgIpc) is 3.64. The maximum Gasteiger partial charge on any atom is 0.128 e. The molecule has 1 unspecified atom stereocenters. The highest BCUT2D eigenvalue weighted by Crippen LogP contribution is 2.57. The summed E-state index contributed by atoms with van der Waals surface area (Å²) in [5.74, 6) is 0. The van der Waals surface area contributed by atoms with Gasteiger partial charge < -0.3 is 0 Å². The molecule has 0 amide bonds. The van der Waals surface area contributed by atoms with E-state index in [1.807, 2.05) is 103 Å². The second kappa shape index (κ2) is 9.71. The molecule has 4 aromatic carbocycles. The van der Waals surface area contributed by atoms with Crippen molar-refractivity contribution in [1.82, 2.24) is 4.31 Å². The Balaban J connectivity index is 1.56. The first-order chi connectivity index (χ1) is 17.0. The van der Waals surface area contributed by atoms with Crippen LogP contribution in [0.25, 0.3) is 0 Å². The maximum absolute atomic E-state index is 13.7. The van der Waals surface area contributed by atoms with Crippen LogP contribution >= 0.6 is 0 Å². The summed E-state index contributed by atoms with van der Waals surface area (Å²) in [5, 5.41) is 9.20. The summed E-state index contributed by atoms with van der Waals surface area (Å²) in [6.07, 6.45) is 0. The molecule has 6 heteroatoms. The molecule has 0 bridgehead atoms. The molecule has 0 spiro atoms. The molecule has 174 valence electrons. The number of rotatable bonds is 6. The third-order valence-corrected chi connectivity index (χ3v) is 9.21. The molecule has 35 heavy (non-hydrogen) atoms. The summed E-state index contributed by atoms with van der Waals surface area (Å²) in [7, 11) is -2.77. The van der Waals surface area contributed by atoms with E-state index >= 15 is 0 Å². The fourth-order valence-electron chi connectivity index (χ4n) is 4.27. The zero-order chi connectivity index (χ0) is 24.5. The first-order valence-electron chi connectivity index (χ1n) is 11.3. The van der Waals surface area contributed by atoms with E-state index in [1.165, 1.54) is 0 Å². The van der Waals surface area contributed by atoms with Crippen molar-refractivity contribution in [2.24, 2.45) is 0 Å². The van der Waals surface area contributed by atoms with Gasteiger partial charge in [-0.05, 0) is 67.4 Å². The molecule has 0 aromatic heterocycles. The Hall–Kier alpha value is -3.37. The van der Waals surface area contributed by atoms with Gasteiger partial charge in [0.2, 0.25) is 0 Å². The molecule has 1 aliphatic rings. The van der Waals surface area contributed by atoms with Crippen LogP contribution in [0.4, 0.5) is 0 Å². The van der Waals surface area contributed by atoms with Crippen molar-refractivity contribution in [3.8, 4) is 6.07 Å². The van der Waals surface area contributed by atoms with Crippen molar-refractivity contribution < 1.29 is 8.42 Å². The SMILES string of the molecule is Cc1ccc([S@](=O)c2ccccc2[C@H]2[C@@H](c3ccc(C#N)cc3)N2[S@](=O)c2ccc(C)cc2)cc1. The lowest BCUT2D eigenvalue weighted by atomic mass is 10.0. The van der Waals surface area contributed by atoms with Crippen LogP contribution < -0.4 is 0 Å². The number of nitriles is 1. The van der Waals surface area contributed by atoms with Crippen molar-refractivity contribution in [3.63, 3.8) is 0 Å². The lowest BCUT2D eigenvalue weighted by Gasteiger charge is -2.10. The number of hydrogen-bond acceptors (Lipinski definition) is 3. The first kappa shape index (κ1) is 23.4. The summed E-state index contributed by atoms with van der Waals surface area (Å²) in [5.41, 5.74) is 4.68. The Morgan fingerprint density at radius 3 is 1.89 bits per heavy atom. The minimum atomic E-state index is -1.40. The van der Waals surface area contributed by atoms with Crippen molar-refractivity contribution in [3.05, 3.63) is 125 Å². The monoisotopic (exact) mass is 496 g/mol. The zero-order valence-corrected chi connectivity index (χ0v) is 21.1. The molecule has 0 aliphatic carbocycles. The smallest absolute Gasteiger partial charge is 0.128 e. The molecule has 4 nitrogen and oxygen atoms in total. The first-order valence-corrected chi connectivity index (χ1v) is 13.6. The van der Waals surface area contributed by atoms with Gasteiger partial charge in [0.25, 0.3) is 0 Å². The predicted molar refractivity (Wildman–Crippen MR) is 138 cm³/mol. The van der Waals surface area contributed by atoms with Crippen LogP contribution in [0.1, 0.15) is 39.9 Å². The quantitative estimate of drug-likeness (QED) is 0.300. The Bertz CT molecular complexity index is 1460. The van der Waals surface area contributed by atoms with E-state index in [1.54, 1.807) is 12.1 Å². The highest BCUT2D eigenvalue weighted by molar-refractivity contribution is 7.85. The van der Waals surface area contributed by atoms with Gasteiger partial charge in [0.1, 0.15) is 11.0 Å². The Morgan fingerprint density at radius 1 is 0.714 bits per heavy atom. The van der Waals surface area contributed by atoms with Crippen molar-refractivity contribution in [2.45, 2.75) is 40.6 Å². The number of hydrogen-bond donors (Lipinski definition) is 0. The molecule has 1 heterocycles. The van der Waals surface area contributed by atoms with E-state index < -0.39 is 21.8 Å². The fraction of sp³-hybridized carbons (Fsp3) is 0.138. The average molecular weight is 497 g/mol. The Morgan fingerprint density at radius 2 is 1.29 bits per heavy atom. The van der Waals surface area contributed by atoms with Crippen LogP contribution in [0.2, 0.25) is 0 Å². The van der Waals surface area contributed by atoms with Crippen LogP contribution in [0.5, 0.6) is 0 Å². The highest BCUT2D eigenvalue weighted by atomic mass is 32.2. The van der Waals surface area contributed by atoms with Crippen LogP contribution in [0.3, 0.4) is 0 Å². The standard InChI is InChI=1S/C29H24N2O2S2/c1-20-7-15-24(16-8-20)34(32)27-6-4-3-5-26(27)29-28(23-13-11-22(19-30)12-14-23)31(29)35(33)25-17-9-21(2)10-18-25/h3-18,28-29H,1-2H3/t28-,29+,31?,34+,35-/m1/s1. The topological polar surface area (TPSA) is 60.9 Å². The van der Waals surface area contributed by atoms with Gasteiger partial charge in [0, 0.05) is 9.79 Å². The van der Waals surface area contributed by atoms with Crippen LogP contribution in [-0.2, 0) is 21.8 Å². The van der Waals surface area contributed by atoms with E-state index in [9.17, 15) is 13.7 Å². The van der Waals surface area contributed by atoms with Crippen LogP contribution in [-0.4, -0.2) is 12.7 Å². The van der Waals surface area contributed by atoms with Gasteiger partial charge in [0.05, 0.1) is 39.4 Å². The molecule has 4 aromatic rings. The summed E-state index contributed by atoms with van der Waals surface area (Å²) < 4.78 is 29.3. The largest absolute Gasteiger partial charge is 0.249 e. The third-order valence-electron chi connectivity index (χ3n) is 6.23. The molecule has 1 fully saturated rings. The molecular weight excluding hydrogens is 472 g/mol. The highest BCUT2D eigenvalue weighted by Gasteiger charge is 2.54. The maximum atomic E-state index is 13.7. The van der Waals surface area contributed by atoms with Crippen molar-refractivity contribution in [1.29, 1.82) is 5.26 Å². The lowest BCUT2D eigenvalue weighted by Crippen LogP contribution is -2.06. The van der Waals surface area contributed by atoms with E-state index in [4.69, 9.17) is 0 Å². The summed E-state index contributed by atoms with van der Waals surface area (Å²) in [6, 6.07) is 32.4. The fourth-order valence-corrected chi connectivity index (χ4v) is 6.95. The molecule has 1 aliphatic heterocycles. The summed E-state index contributed by atoms with van der Waals surface area (Å²) in [4.78, 5) is 2.20. The lowest BCUT2D eigenvalue weighted by molar-refractivity contribution is 0.637. The minimum Gasteiger partial charge on any atom is -0.249 e. The van der Waals surface area contributed by atoms with Gasteiger partial charge in [-0.15, -0.1) is 0 Å². The number of nitrogens with zero attached hydrogens (tertiary/aromatic N) is 2. The molecule has 1 saturated heterocycles. The van der Waals surface area contributed by atoms with E-state index in [0.29, 0.717) is 5.56 Å². The van der Waals surface area contributed by atoms with E-state index in [0.717, 1.165) is 36.9 Å². The van der Waals surface area contributed by atoms with E-state index in [-0.39, 0.29) is 12.1 Å². The van der Waals surface area contributed by atoms with Crippen molar-refractivity contribution >= 4 is 21.8 Å². The molecule has 5 atom stereocenters. The predicted octanol–water partition coefficient (Wildman–Crippen LogP) is 6.16. The van der Waals surface area contributed by atoms with Crippen LogP contribution in [0.15, 0.2) is 112 Å². The summed E-state index contributed by atoms with van der Waals surface area (Å²) >= 11 is 0. The molecule has 0 N–H and O–H groups in total. The van der Waals surface area contributed by atoms with Gasteiger partial charge in [-0.25, -0.2) is 12.7 Å². The minimum absolute atomic E-state index is 0.152. The van der Waals surface area contributed by atoms with Crippen LogP contribution in [0, 0.1) is 25.2 Å². The third kappa shape index (κ3) is 4.63. The summed E-state index contributed by atoms with van der Waals surface area (Å²) in [6.45, 7) is 4.01. The second-order valence-electron chi connectivity index (χ2n) is 8.67. The molecule has 0 radical (unpaired) electrons. The van der Waals surface area contributed by atoms with Gasteiger partial charge >= 0.3 is 0 Å². The Kier molecular flexibility index (Phi) is 6.48. The number of aryl methyl sites for hydroxylation is 2. The zero-order valence-electron chi connectivity index (χ0n) is 19.4. The molecule has 0 saturated carbocycles. The van der Waals surface area contributed by atoms with Crippen molar-refractivity contribution in [2.75, 3.05) is 0 Å². The second-order valence-corrected chi connectivity index (χ2v) is 11.5.